The van der Waals surface area contributed by atoms with E-state index < -0.39 is 68.8 Å². The minimum Gasteiger partial charge on any atom is -0.462 e. The number of hydrogen-bond donors (Lipinski definition) is 3. The van der Waals surface area contributed by atoms with Crippen molar-refractivity contribution in [2.45, 2.75) is 58.3 Å². The summed E-state index contributed by atoms with van der Waals surface area (Å²) in [7, 11) is -4.39. The zero-order valence-corrected chi connectivity index (χ0v) is 23.6. The number of H-pyrrole nitrogens is 1. The van der Waals surface area contributed by atoms with E-state index in [9.17, 15) is 28.4 Å². The molecule has 2 heterocycles. The van der Waals surface area contributed by atoms with Gasteiger partial charge in [0.15, 0.2) is 6.23 Å². The van der Waals surface area contributed by atoms with Gasteiger partial charge in [0.25, 0.3) is 5.56 Å². The van der Waals surface area contributed by atoms with Gasteiger partial charge in [-0.3, -0.25) is 23.7 Å². The van der Waals surface area contributed by atoms with Crippen LogP contribution in [0, 0.1) is 0 Å². The summed E-state index contributed by atoms with van der Waals surface area (Å²) in [6, 6.07) is 6.04. The molecular weight excluding hydrogens is 566 g/mol. The van der Waals surface area contributed by atoms with E-state index in [1.807, 2.05) is 4.98 Å². The maximum absolute atomic E-state index is 13.9. The second kappa shape index (κ2) is 14.3. The molecule has 0 aliphatic rings. The number of ether oxygens (including phenoxy) is 2. The van der Waals surface area contributed by atoms with Crippen molar-refractivity contribution in [3.63, 3.8) is 0 Å². The first-order chi connectivity index (χ1) is 19.4. The summed E-state index contributed by atoms with van der Waals surface area (Å²) in [6.45, 7) is 4.16. The topological polar surface area (TPSA) is 189 Å². The molecule has 17 heteroatoms. The molecule has 15 nitrogen and oxygen atoms in total. The van der Waals surface area contributed by atoms with Gasteiger partial charge in [-0.2, -0.15) is 10.2 Å². The number of aromatic amines is 1. The molecule has 0 bridgehead atoms. The lowest BCUT2D eigenvalue weighted by Crippen LogP contribution is -2.40. The Labute approximate surface area is 233 Å². The first-order valence-electron chi connectivity index (χ1n) is 12.5. The van der Waals surface area contributed by atoms with Crippen LogP contribution in [-0.2, 0) is 23.4 Å². The van der Waals surface area contributed by atoms with Crippen LogP contribution in [0.3, 0.4) is 0 Å². The molecule has 2 aromatic heterocycles. The van der Waals surface area contributed by atoms with Crippen LogP contribution < -0.4 is 20.9 Å². The van der Waals surface area contributed by atoms with E-state index in [2.05, 4.69) is 15.2 Å². The Bertz CT molecular complexity index is 1430. The van der Waals surface area contributed by atoms with Crippen molar-refractivity contribution < 1.29 is 37.4 Å². The first-order valence-corrected chi connectivity index (χ1v) is 14.0. The SMILES string of the molecule is CC(C)OC(=O)[C@H](C)NP(=O)(OC[C@@H](O[C@H](CF)n1ccc(=O)[nH]c1=O)[C@H](C)O)Oc1ccc(-n2cncn2)cc1. The highest BCUT2D eigenvalue weighted by Crippen LogP contribution is 2.45. The van der Waals surface area contributed by atoms with Crippen LogP contribution in [0.1, 0.15) is 33.9 Å². The summed E-state index contributed by atoms with van der Waals surface area (Å²) >= 11 is 0. The number of aromatic nitrogens is 5. The van der Waals surface area contributed by atoms with Gasteiger partial charge in [-0.15, -0.1) is 0 Å². The van der Waals surface area contributed by atoms with E-state index in [1.165, 1.54) is 43.3 Å². The molecule has 1 unspecified atom stereocenters. The number of benzene rings is 1. The average Bonchev–Trinajstić information content (AvgIpc) is 3.44. The molecule has 0 amide bonds. The zero-order chi connectivity index (χ0) is 30.2. The molecule has 0 aliphatic carbocycles. The van der Waals surface area contributed by atoms with Crippen LogP contribution in [0.5, 0.6) is 5.75 Å². The summed E-state index contributed by atoms with van der Waals surface area (Å²) in [4.78, 5) is 41.7. The van der Waals surface area contributed by atoms with Crippen LogP contribution in [0.25, 0.3) is 5.69 Å². The second-order valence-corrected chi connectivity index (χ2v) is 10.8. The highest BCUT2D eigenvalue weighted by Gasteiger charge is 2.35. The first kappa shape index (κ1) is 31.8. The molecule has 1 aromatic carbocycles. The minimum atomic E-state index is -4.39. The summed E-state index contributed by atoms with van der Waals surface area (Å²) in [6.07, 6.45) is -0.765. The van der Waals surface area contributed by atoms with Crippen LogP contribution in [0.15, 0.2) is 58.8 Å². The smallest absolute Gasteiger partial charge is 0.459 e. The maximum Gasteiger partial charge on any atom is 0.459 e. The standard InChI is InChI=1S/C24H32FN6O9P/c1-15(2)38-23(34)16(3)29-41(36,40-19-7-5-18(6-8-19)31-14-26-13-27-31)37-12-20(17(4)32)39-22(11-25)30-10-9-21(33)28-24(30)35/h5-10,13-17,20,22,32H,11-12H2,1-4H3,(H,29,36)(H,28,33,35)/t16-,17-,20+,22+,41?/m0/s1. The van der Waals surface area contributed by atoms with Crippen molar-refractivity contribution in [2.24, 2.45) is 0 Å². The van der Waals surface area contributed by atoms with Crippen LogP contribution in [0.2, 0.25) is 0 Å². The van der Waals surface area contributed by atoms with E-state index in [0.29, 0.717) is 5.69 Å². The Hall–Kier alpha value is -3.69. The van der Waals surface area contributed by atoms with Crippen molar-refractivity contribution in [3.8, 4) is 11.4 Å². The molecule has 0 saturated heterocycles. The van der Waals surface area contributed by atoms with Gasteiger partial charge < -0.3 is 19.1 Å². The fourth-order valence-electron chi connectivity index (χ4n) is 3.35. The van der Waals surface area contributed by atoms with Gasteiger partial charge in [-0.25, -0.2) is 23.4 Å². The predicted molar refractivity (Wildman–Crippen MR) is 142 cm³/mol. The van der Waals surface area contributed by atoms with Gasteiger partial charge in [-0.1, -0.05) is 0 Å². The van der Waals surface area contributed by atoms with Crippen LogP contribution >= 0.6 is 7.75 Å². The summed E-state index contributed by atoms with van der Waals surface area (Å²) in [5, 5.41) is 16.8. The van der Waals surface area contributed by atoms with Crippen LogP contribution in [0.4, 0.5) is 4.39 Å². The van der Waals surface area contributed by atoms with Gasteiger partial charge in [0.1, 0.15) is 37.2 Å². The number of aliphatic hydroxyl groups is 1. The third-order valence-electron chi connectivity index (χ3n) is 5.37. The molecule has 5 atom stereocenters. The number of nitrogens with zero attached hydrogens (tertiary/aromatic N) is 4. The Morgan fingerprint density at radius 2 is 1.88 bits per heavy atom. The normalized spacial score (nSPS) is 16.0. The largest absolute Gasteiger partial charge is 0.462 e. The van der Waals surface area contributed by atoms with Gasteiger partial charge >= 0.3 is 19.4 Å². The number of halogens is 1. The van der Waals surface area contributed by atoms with Gasteiger partial charge in [-0.05, 0) is 52.0 Å². The van der Waals surface area contributed by atoms with E-state index in [0.717, 1.165) is 16.8 Å². The molecule has 0 saturated carbocycles. The number of rotatable bonds is 15. The molecule has 41 heavy (non-hydrogen) atoms. The van der Waals surface area contributed by atoms with E-state index >= 15 is 0 Å². The van der Waals surface area contributed by atoms with Crippen molar-refractivity contribution in [1.29, 1.82) is 0 Å². The quantitative estimate of drug-likeness (QED) is 0.169. The third kappa shape index (κ3) is 9.16. The highest BCUT2D eigenvalue weighted by atomic mass is 31.2. The maximum atomic E-state index is 13.9. The monoisotopic (exact) mass is 598 g/mol. The van der Waals surface area contributed by atoms with Crippen molar-refractivity contribution in [1.82, 2.24) is 29.4 Å². The number of carbonyl (C=O) groups is 1. The van der Waals surface area contributed by atoms with Gasteiger partial charge in [0.2, 0.25) is 0 Å². The number of aliphatic hydroxyl groups excluding tert-OH is 1. The Morgan fingerprint density at radius 3 is 2.44 bits per heavy atom. The van der Waals surface area contributed by atoms with Gasteiger partial charge in [0.05, 0.1) is 24.5 Å². The number of carbonyl (C=O) groups excluding carboxylic acids is 1. The van der Waals surface area contributed by atoms with Crippen molar-refractivity contribution >= 4 is 13.7 Å². The lowest BCUT2D eigenvalue weighted by molar-refractivity contribution is -0.149. The van der Waals surface area contributed by atoms with E-state index in [1.54, 1.807) is 26.0 Å². The van der Waals surface area contributed by atoms with Crippen molar-refractivity contribution in [2.75, 3.05) is 13.3 Å². The second-order valence-electron chi connectivity index (χ2n) is 9.10. The summed E-state index contributed by atoms with van der Waals surface area (Å²) in [5.41, 5.74) is -0.999. The number of nitrogens with one attached hydrogen (secondary N) is 2. The number of esters is 1. The van der Waals surface area contributed by atoms with E-state index in [-0.39, 0.29) is 5.75 Å². The Kier molecular flexibility index (Phi) is 11.1. The zero-order valence-electron chi connectivity index (χ0n) is 22.7. The summed E-state index contributed by atoms with van der Waals surface area (Å²) < 4.78 is 51.9. The van der Waals surface area contributed by atoms with Crippen LogP contribution in [-0.4, -0.2) is 73.0 Å². The lowest BCUT2D eigenvalue weighted by Gasteiger charge is -2.28. The fourth-order valence-corrected chi connectivity index (χ4v) is 4.85. The predicted octanol–water partition coefficient (Wildman–Crippen LogP) is 1.48. The van der Waals surface area contributed by atoms with Crippen molar-refractivity contribution in [3.05, 3.63) is 70.0 Å². The van der Waals surface area contributed by atoms with E-state index in [4.69, 9.17) is 18.5 Å². The molecule has 0 aliphatic heterocycles. The molecule has 0 radical (unpaired) electrons. The minimum absolute atomic E-state index is 0.0880. The fraction of sp³-hybridized carbons (Fsp3) is 0.458. The molecule has 0 fully saturated rings. The summed E-state index contributed by atoms with van der Waals surface area (Å²) in [5.74, 6) is -0.641. The Morgan fingerprint density at radius 1 is 1.17 bits per heavy atom. The molecule has 3 aromatic rings. The molecule has 224 valence electrons. The lowest BCUT2D eigenvalue weighted by atomic mass is 10.2. The molecule has 3 N–H and O–H groups in total. The van der Waals surface area contributed by atoms with Gasteiger partial charge in [0, 0.05) is 12.3 Å². The molecular formula is C24H32FN6O9P. The average molecular weight is 599 g/mol. The highest BCUT2D eigenvalue weighted by molar-refractivity contribution is 7.52. The molecule has 0 spiro atoms. The Balaban J connectivity index is 1.81. The number of hydrogen-bond acceptors (Lipinski definition) is 11. The third-order valence-corrected chi connectivity index (χ3v) is 7.02. The molecule has 3 rings (SSSR count). The number of alkyl halides is 1.